The van der Waals surface area contributed by atoms with Gasteiger partial charge in [-0.15, -0.1) is 5.10 Å². The minimum absolute atomic E-state index is 0.0292. The Morgan fingerprint density at radius 1 is 1.15 bits per heavy atom. The molecule has 0 spiro atoms. The van der Waals surface area contributed by atoms with Crippen molar-refractivity contribution >= 4 is 5.91 Å². The Hall–Kier alpha value is -1.55. The molecule has 2 atom stereocenters. The van der Waals surface area contributed by atoms with Crippen LogP contribution in [-0.2, 0) is 9.47 Å². The Bertz CT molecular complexity index is 609. The van der Waals surface area contributed by atoms with Crippen LogP contribution >= 0.6 is 0 Å². The van der Waals surface area contributed by atoms with E-state index in [0.29, 0.717) is 24.9 Å². The van der Waals surface area contributed by atoms with Crippen LogP contribution in [0.3, 0.4) is 0 Å². The number of carbonyl (C=O) groups is 1. The van der Waals surface area contributed by atoms with Crippen molar-refractivity contribution in [2.24, 2.45) is 5.73 Å². The summed E-state index contributed by atoms with van der Waals surface area (Å²) in [5, 5.41) is 11.3. The van der Waals surface area contributed by atoms with Crippen LogP contribution in [0.25, 0.3) is 0 Å². The van der Waals surface area contributed by atoms with Crippen molar-refractivity contribution in [1.29, 1.82) is 0 Å². The fraction of sp³-hybridized carbons (Fsp3) is 0.824. The smallest absolute Gasteiger partial charge is 0.273 e. The maximum absolute atomic E-state index is 12.6. The zero-order valence-electron chi connectivity index (χ0n) is 15.0. The molecule has 0 unspecified atom stereocenters. The van der Waals surface area contributed by atoms with E-state index in [-0.39, 0.29) is 24.0 Å². The number of hydrogen-bond acceptors (Lipinski definition) is 7. The average Bonchev–Trinajstić information content (AvgIpc) is 3.33. The molecule has 1 aromatic heterocycles. The summed E-state index contributed by atoms with van der Waals surface area (Å²) in [4.78, 5) is 15.0. The lowest BCUT2D eigenvalue weighted by atomic mass is 9.92. The predicted octanol–water partition coefficient (Wildman–Crippen LogP) is -0.450. The van der Waals surface area contributed by atoms with Gasteiger partial charge in [-0.3, -0.25) is 9.69 Å². The highest BCUT2D eigenvalue weighted by Gasteiger charge is 2.35. The van der Waals surface area contributed by atoms with Crippen molar-refractivity contribution in [3.05, 3.63) is 11.9 Å². The standard InChI is InChI=1S/C17H28N6O3/c18-12-1-3-13(4-2-12)23-9-14(20-21-23)17(24)19-15-10-26-11-16(15)22-5-7-25-8-6-22/h9,12-13,15-16H,1-8,10-11,18H2,(H,19,24)/t12?,13?,15-,16-/m0/s1. The van der Waals surface area contributed by atoms with Crippen LogP contribution in [0.15, 0.2) is 6.20 Å². The number of carbonyl (C=O) groups excluding carboxylic acids is 1. The molecule has 144 valence electrons. The molecule has 0 aromatic carbocycles. The summed E-state index contributed by atoms with van der Waals surface area (Å²) in [6.07, 6.45) is 5.72. The quantitative estimate of drug-likeness (QED) is 0.745. The Morgan fingerprint density at radius 3 is 2.69 bits per heavy atom. The van der Waals surface area contributed by atoms with Gasteiger partial charge in [0, 0.05) is 19.1 Å². The van der Waals surface area contributed by atoms with Gasteiger partial charge >= 0.3 is 0 Å². The largest absolute Gasteiger partial charge is 0.379 e. The zero-order chi connectivity index (χ0) is 17.9. The Kier molecular flexibility index (Phi) is 5.49. The van der Waals surface area contributed by atoms with Crippen LogP contribution in [0.2, 0.25) is 0 Å². The lowest BCUT2D eigenvalue weighted by Crippen LogP contribution is -2.54. The molecule has 0 bridgehead atoms. The zero-order valence-corrected chi connectivity index (χ0v) is 15.0. The summed E-state index contributed by atoms with van der Waals surface area (Å²) in [7, 11) is 0. The molecular weight excluding hydrogens is 336 g/mol. The van der Waals surface area contributed by atoms with E-state index in [1.165, 1.54) is 0 Å². The summed E-state index contributed by atoms with van der Waals surface area (Å²) in [6, 6.07) is 0.743. The first-order chi connectivity index (χ1) is 12.7. The van der Waals surface area contributed by atoms with Gasteiger partial charge in [-0.05, 0) is 25.7 Å². The molecule has 3 fully saturated rings. The molecule has 1 aromatic rings. The van der Waals surface area contributed by atoms with Gasteiger partial charge in [-0.2, -0.15) is 0 Å². The molecule has 2 saturated heterocycles. The molecule has 4 rings (SSSR count). The van der Waals surface area contributed by atoms with Crippen LogP contribution < -0.4 is 11.1 Å². The van der Waals surface area contributed by atoms with Crippen LogP contribution in [0.4, 0.5) is 0 Å². The van der Waals surface area contributed by atoms with Crippen molar-refractivity contribution in [2.45, 2.75) is 49.9 Å². The van der Waals surface area contributed by atoms with Crippen LogP contribution in [0, 0.1) is 0 Å². The van der Waals surface area contributed by atoms with Crippen molar-refractivity contribution in [2.75, 3.05) is 39.5 Å². The van der Waals surface area contributed by atoms with Gasteiger partial charge in [0.25, 0.3) is 5.91 Å². The highest BCUT2D eigenvalue weighted by molar-refractivity contribution is 5.92. The Balaban J connectivity index is 1.35. The van der Waals surface area contributed by atoms with Gasteiger partial charge in [-0.1, -0.05) is 5.21 Å². The van der Waals surface area contributed by atoms with Crippen LogP contribution in [0.1, 0.15) is 42.2 Å². The molecular formula is C17H28N6O3. The van der Waals surface area contributed by atoms with E-state index in [0.717, 1.165) is 52.0 Å². The summed E-state index contributed by atoms with van der Waals surface area (Å²) in [5.74, 6) is -0.183. The van der Waals surface area contributed by atoms with Gasteiger partial charge in [0.2, 0.25) is 0 Å². The Labute approximate surface area is 153 Å². The topological polar surface area (TPSA) is 108 Å². The van der Waals surface area contributed by atoms with Crippen molar-refractivity contribution in [3.63, 3.8) is 0 Å². The minimum atomic E-state index is -0.183. The fourth-order valence-corrected chi connectivity index (χ4v) is 4.12. The number of nitrogens with two attached hydrogens (primary N) is 1. The van der Waals surface area contributed by atoms with E-state index < -0.39 is 0 Å². The third kappa shape index (κ3) is 3.90. The predicted molar refractivity (Wildman–Crippen MR) is 93.8 cm³/mol. The van der Waals surface area contributed by atoms with Gasteiger partial charge < -0.3 is 20.5 Å². The SMILES string of the molecule is NC1CCC(n2cc(C(=O)N[C@H]3COC[C@@H]3N3CCOCC3)nn2)CC1. The van der Waals surface area contributed by atoms with Crippen LogP contribution in [0.5, 0.6) is 0 Å². The van der Waals surface area contributed by atoms with E-state index in [2.05, 4.69) is 20.5 Å². The van der Waals surface area contributed by atoms with Crippen molar-refractivity contribution in [3.8, 4) is 0 Å². The highest BCUT2D eigenvalue weighted by atomic mass is 16.5. The summed E-state index contributed by atoms with van der Waals surface area (Å²) >= 11 is 0. The maximum Gasteiger partial charge on any atom is 0.273 e. The normalized spacial score (nSPS) is 33.3. The third-order valence-corrected chi connectivity index (χ3v) is 5.74. The molecule has 3 heterocycles. The number of hydrogen-bond donors (Lipinski definition) is 2. The second-order valence-electron chi connectivity index (χ2n) is 7.49. The molecule has 1 amide bonds. The van der Waals surface area contributed by atoms with Gasteiger partial charge in [-0.25, -0.2) is 4.68 Å². The lowest BCUT2D eigenvalue weighted by Gasteiger charge is -2.34. The fourth-order valence-electron chi connectivity index (χ4n) is 4.12. The van der Waals surface area contributed by atoms with E-state index in [1.807, 2.05) is 4.68 Å². The highest BCUT2D eigenvalue weighted by Crippen LogP contribution is 2.26. The number of aromatic nitrogens is 3. The van der Waals surface area contributed by atoms with Gasteiger partial charge in [0.1, 0.15) is 0 Å². The summed E-state index contributed by atoms with van der Waals surface area (Å²) < 4.78 is 12.9. The van der Waals surface area contributed by atoms with E-state index in [4.69, 9.17) is 15.2 Å². The first kappa shape index (κ1) is 17.8. The number of nitrogens with one attached hydrogen (secondary N) is 1. The summed E-state index contributed by atoms with van der Waals surface area (Å²) in [6.45, 7) is 4.39. The van der Waals surface area contributed by atoms with E-state index in [9.17, 15) is 4.79 Å². The van der Waals surface area contributed by atoms with Gasteiger partial charge in [0.15, 0.2) is 5.69 Å². The molecule has 9 heteroatoms. The minimum Gasteiger partial charge on any atom is -0.379 e. The molecule has 26 heavy (non-hydrogen) atoms. The molecule has 0 radical (unpaired) electrons. The second kappa shape index (κ2) is 7.99. The van der Waals surface area contributed by atoms with Crippen LogP contribution in [-0.4, -0.2) is 83.4 Å². The van der Waals surface area contributed by atoms with E-state index in [1.54, 1.807) is 6.20 Å². The number of amides is 1. The second-order valence-corrected chi connectivity index (χ2v) is 7.49. The summed E-state index contributed by atoms with van der Waals surface area (Å²) in [5.41, 5.74) is 6.33. The van der Waals surface area contributed by atoms with Crippen molar-refractivity contribution < 1.29 is 14.3 Å². The lowest BCUT2D eigenvalue weighted by molar-refractivity contribution is 0.0108. The molecule has 2 aliphatic heterocycles. The first-order valence-corrected chi connectivity index (χ1v) is 9.58. The van der Waals surface area contributed by atoms with Crippen molar-refractivity contribution in [1.82, 2.24) is 25.2 Å². The Morgan fingerprint density at radius 2 is 1.92 bits per heavy atom. The van der Waals surface area contributed by atoms with Gasteiger partial charge in [0.05, 0.1) is 50.7 Å². The first-order valence-electron chi connectivity index (χ1n) is 9.58. The number of rotatable bonds is 4. The molecule has 1 aliphatic carbocycles. The number of morpholine rings is 1. The number of nitrogens with zero attached hydrogens (tertiary/aromatic N) is 4. The molecule has 1 saturated carbocycles. The average molecular weight is 364 g/mol. The number of ether oxygens (including phenoxy) is 2. The molecule has 3 N–H and O–H groups in total. The molecule has 3 aliphatic rings. The molecule has 9 nitrogen and oxygen atoms in total. The monoisotopic (exact) mass is 364 g/mol. The third-order valence-electron chi connectivity index (χ3n) is 5.74. The van der Waals surface area contributed by atoms with E-state index >= 15 is 0 Å². The maximum atomic E-state index is 12.6.